The fraction of sp³-hybridized carbons (Fsp3) is 0.571. The number of nitrogens with two attached hydrogens (primary N) is 1. The molecule has 2 N–H and O–H groups in total. The van der Waals surface area contributed by atoms with E-state index in [4.69, 9.17) is 15.2 Å². The highest BCUT2D eigenvalue weighted by Gasteiger charge is 2.43. The van der Waals surface area contributed by atoms with E-state index in [9.17, 15) is 13.2 Å². The van der Waals surface area contributed by atoms with Gasteiger partial charge in [-0.3, -0.25) is 0 Å². The number of halogens is 3. The number of hydrogen-bond donors (Lipinski definition) is 1. The Hall–Kier alpha value is -1.27. The Kier molecular flexibility index (Phi) is 4.55. The first-order chi connectivity index (χ1) is 9.43. The molecule has 1 aliphatic carbocycles. The Labute approximate surface area is 115 Å². The second-order valence-electron chi connectivity index (χ2n) is 4.89. The number of alkyl halides is 3. The smallest absolute Gasteiger partial charge is 0.419 e. The van der Waals surface area contributed by atoms with Crippen LogP contribution in [0.15, 0.2) is 24.3 Å². The lowest BCUT2D eigenvalue weighted by molar-refractivity contribution is -0.142. The van der Waals surface area contributed by atoms with Gasteiger partial charge in [-0.1, -0.05) is 19.1 Å². The van der Waals surface area contributed by atoms with Gasteiger partial charge in [-0.05, 0) is 18.6 Å². The third-order valence-electron chi connectivity index (χ3n) is 3.28. The molecule has 0 spiro atoms. The Morgan fingerprint density at radius 2 is 2.00 bits per heavy atom. The quantitative estimate of drug-likeness (QED) is 0.906. The average molecular weight is 289 g/mol. The Morgan fingerprint density at radius 1 is 1.30 bits per heavy atom. The topological polar surface area (TPSA) is 44.5 Å². The average Bonchev–Trinajstić information content (AvgIpc) is 2.38. The molecule has 1 fully saturated rings. The first kappa shape index (κ1) is 15.1. The number of ether oxygens (including phenoxy) is 2. The van der Waals surface area contributed by atoms with Crippen molar-refractivity contribution in [1.82, 2.24) is 0 Å². The van der Waals surface area contributed by atoms with Crippen molar-refractivity contribution in [2.24, 2.45) is 5.73 Å². The zero-order chi connectivity index (χ0) is 14.8. The van der Waals surface area contributed by atoms with Crippen molar-refractivity contribution in [3.63, 3.8) is 0 Å². The molecule has 1 aromatic rings. The van der Waals surface area contributed by atoms with Gasteiger partial charge in [0, 0.05) is 19.1 Å². The zero-order valence-electron chi connectivity index (χ0n) is 11.2. The van der Waals surface area contributed by atoms with Gasteiger partial charge in [0.1, 0.15) is 18.0 Å². The maximum Gasteiger partial charge on any atom is 0.419 e. The first-order valence-electron chi connectivity index (χ1n) is 6.63. The summed E-state index contributed by atoms with van der Waals surface area (Å²) < 4.78 is 49.6. The second-order valence-corrected chi connectivity index (χ2v) is 4.89. The van der Waals surface area contributed by atoms with Crippen LogP contribution in [-0.4, -0.2) is 24.9 Å². The summed E-state index contributed by atoms with van der Waals surface area (Å²) in [6.07, 6.45) is -3.85. The molecule has 0 amide bonds. The van der Waals surface area contributed by atoms with Crippen molar-refractivity contribution < 1.29 is 22.6 Å². The van der Waals surface area contributed by atoms with Crippen LogP contribution >= 0.6 is 0 Å². The molecule has 0 aromatic heterocycles. The van der Waals surface area contributed by atoms with E-state index in [0.717, 1.165) is 12.5 Å². The SMILES string of the molecule is CCCOC1C(N)CC1Oc1ccccc1C(F)(F)F. The minimum atomic E-state index is -4.43. The van der Waals surface area contributed by atoms with Gasteiger partial charge in [0.15, 0.2) is 0 Å². The van der Waals surface area contributed by atoms with Crippen molar-refractivity contribution in [3.05, 3.63) is 29.8 Å². The highest BCUT2D eigenvalue weighted by Crippen LogP contribution is 2.38. The Balaban J connectivity index is 2.07. The minimum absolute atomic E-state index is 0.165. The molecule has 20 heavy (non-hydrogen) atoms. The molecule has 3 atom stereocenters. The van der Waals surface area contributed by atoms with Crippen LogP contribution in [0.2, 0.25) is 0 Å². The molecule has 0 saturated heterocycles. The van der Waals surface area contributed by atoms with Crippen molar-refractivity contribution in [2.75, 3.05) is 6.61 Å². The van der Waals surface area contributed by atoms with Crippen LogP contribution in [-0.2, 0) is 10.9 Å². The van der Waals surface area contributed by atoms with Crippen LogP contribution in [0.25, 0.3) is 0 Å². The van der Waals surface area contributed by atoms with Crippen molar-refractivity contribution in [2.45, 2.75) is 44.2 Å². The molecular weight excluding hydrogens is 271 g/mol. The van der Waals surface area contributed by atoms with Crippen LogP contribution < -0.4 is 10.5 Å². The lowest BCUT2D eigenvalue weighted by Gasteiger charge is -2.42. The highest BCUT2D eigenvalue weighted by atomic mass is 19.4. The van der Waals surface area contributed by atoms with E-state index in [-0.39, 0.29) is 17.9 Å². The number of rotatable bonds is 5. The second kappa shape index (κ2) is 6.01. The normalized spacial score (nSPS) is 26.1. The van der Waals surface area contributed by atoms with E-state index in [1.165, 1.54) is 18.2 Å². The van der Waals surface area contributed by atoms with E-state index >= 15 is 0 Å². The van der Waals surface area contributed by atoms with Gasteiger partial charge in [-0.2, -0.15) is 13.2 Å². The summed E-state index contributed by atoms with van der Waals surface area (Å²) in [7, 11) is 0. The minimum Gasteiger partial charge on any atom is -0.487 e. The van der Waals surface area contributed by atoms with Crippen LogP contribution in [0, 0.1) is 0 Å². The summed E-state index contributed by atoms with van der Waals surface area (Å²) in [5.74, 6) is -0.165. The summed E-state index contributed by atoms with van der Waals surface area (Å²) in [6, 6.07) is 5.02. The molecule has 3 nitrogen and oxygen atoms in total. The van der Waals surface area contributed by atoms with Crippen molar-refractivity contribution in [3.8, 4) is 5.75 Å². The maximum absolute atomic E-state index is 12.9. The molecular formula is C14H18F3NO2. The summed E-state index contributed by atoms with van der Waals surface area (Å²) in [5.41, 5.74) is 5.04. The Morgan fingerprint density at radius 3 is 2.60 bits per heavy atom. The molecule has 2 rings (SSSR count). The largest absolute Gasteiger partial charge is 0.487 e. The van der Waals surface area contributed by atoms with Crippen molar-refractivity contribution >= 4 is 0 Å². The van der Waals surface area contributed by atoms with Gasteiger partial charge in [0.05, 0.1) is 5.56 Å². The monoisotopic (exact) mass is 289 g/mol. The summed E-state index contributed by atoms with van der Waals surface area (Å²) in [5, 5.41) is 0. The molecule has 1 aromatic carbocycles. The predicted octanol–water partition coefficient (Wildman–Crippen LogP) is 2.98. The molecule has 0 heterocycles. The lowest BCUT2D eigenvalue weighted by Crippen LogP contribution is -2.59. The summed E-state index contributed by atoms with van der Waals surface area (Å²) in [6.45, 7) is 2.48. The van der Waals surface area contributed by atoms with Gasteiger partial charge >= 0.3 is 6.18 Å². The molecule has 1 aliphatic rings. The molecule has 1 saturated carbocycles. The highest BCUT2D eigenvalue weighted by molar-refractivity contribution is 5.36. The molecule has 0 bridgehead atoms. The van der Waals surface area contributed by atoms with Crippen molar-refractivity contribution in [1.29, 1.82) is 0 Å². The number of hydrogen-bond acceptors (Lipinski definition) is 3. The molecule has 3 unspecified atom stereocenters. The van der Waals surface area contributed by atoms with E-state index in [2.05, 4.69) is 0 Å². The van der Waals surface area contributed by atoms with Gasteiger partial charge in [-0.25, -0.2) is 0 Å². The van der Waals surface area contributed by atoms with Crippen LogP contribution in [0.3, 0.4) is 0 Å². The van der Waals surface area contributed by atoms with Gasteiger partial charge in [0.2, 0.25) is 0 Å². The Bertz CT molecular complexity index is 450. The maximum atomic E-state index is 12.9. The lowest BCUT2D eigenvalue weighted by atomic mass is 9.86. The number of benzene rings is 1. The van der Waals surface area contributed by atoms with Gasteiger partial charge in [-0.15, -0.1) is 0 Å². The van der Waals surface area contributed by atoms with Crippen LogP contribution in [0.4, 0.5) is 13.2 Å². The zero-order valence-corrected chi connectivity index (χ0v) is 11.2. The third-order valence-corrected chi connectivity index (χ3v) is 3.28. The fourth-order valence-electron chi connectivity index (χ4n) is 2.18. The molecule has 0 radical (unpaired) electrons. The summed E-state index contributed by atoms with van der Waals surface area (Å²) in [4.78, 5) is 0. The van der Waals surface area contributed by atoms with E-state index in [1.807, 2.05) is 6.92 Å². The van der Waals surface area contributed by atoms with Gasteiger partial charge < -0.3 is 15.2 Å². The first-order valence-corrected chi connectivity index (χ1v) is 6.63. The summed E-state index contributed by atoms with van der Waals surface area (Å²) >= 11 is 0. The molecule has 112 valence electrons. The van der Waals surface area contributed by atoms with E-state index in [1.54, 1.807) is 0 Å². The van der Waals surface area contributed by atoms with Crippen LogP contribution in [0.1, 0.15) is 25.3 Å². The number of para-hydroxylation sites is 1. The van der Waals surface area contributed by atoms with Crippen LogP contribution in [0.5, 0.6) is 5.75 Å². The standard InChI is InChI=1S/C14H18F3NO2/c1-2-7-19-13-10(18)8-12(13)20-11-6-4-3-5-9(11)14(15,16)17/h3-6,10,12-13H,2,7-8,18H2,1H3. The molecule has 0 aliphatic heterocycles. The molecule has 6 heteroatoms. The predicted molar refractivity (Wildman–Crippen MR) is 68.5 cm³/mol. The van der Waals surface area contributed by atoms with E-state index < -0.39 is 17.8 Å². The van der Waals surface area contributed by atoms with Gasteiger partial charge in [0.25, 0.3) is 0 Å². The third kappa shape index (κ3) is 3.24. The fourth-order valence-corrected chi connectivity index (χ4v) is 2.18. The van der Waals surface area contributed by atoms with E-state index in [0.29, 0.717) is 13.0 Å².